The lowest BCUT2D eigenvalue weighted by molar-refractivity contribution is -0.142. The molecule has 0 bridgehead atoms. The van der Waals surface area contributed by atoms with E-state index in [9.17, 15) is 14.7 Å². The first-order valence-corrected chi connectivity index (χ1v) is 8.30. The summed E-state index contributed by atoms with van der Waals surface area (Å²) in [5, 5.41) is 18.4. The zero-order chi connectivity index (χ0) is 18.0. The average Bonchev–Trinajstić information content (AvgIpc) is 2.65. The van der Waals surface area contributed by atoms with Gasteiger partial charge in [0, 0.05) is 13.0 Å². The van der Waals surface area contributed by atoms with Gasteiger partial charge in [0.05, 0.1) is 18.7 Å². The van der Waals surface area contributed by atoms with Crippen molar-refractivity contribution >= 4 is 12.1 Å². The largest absolute Gasteiger partial charge is 0.480 e. The minimum Gasteiger partial charge on any atom is -0.480 e. The van der Waals surface area contributed by atoms with Gasteiger partial charge >= 0.3 is 12.1 Å². The fourth-order valence-corrected chi connectivity index (χ4v) is 3.79. The quantitative estimate of drug-likeness (QED) is 0.836. The molecule has 2 aliphatic rings. The topological polar surface area (TPSA) is 90.6 Å². The number of ether oxygens (including phenoxy) is 1. The molecular formula is C19H20N2O4. The smallest absolute Gasteiger partial charge is 0.410 e. The van der Waals surface area contributed by atoms with Crippen LogP contribution in [0.25, 0.3) is 0 Å². The maximum atomic E-state index is 11.9. The van der Waals surface area contributed by atoms with Gasteiger partial charge in [-0.15, -0.1) is 0 Å². The van der Waals surface area contributed by atoms with Crippen molar-refractivity contribution in [1.29, 1.82) is 5.26 Å². The molecular weight excluding hydrogens is 320 g/mol. The van der Waals surface area contributed by atoms with Gasteiger partial charge in [0.15, 0.2) is 0 Å². The van der Waals surface area contributed by atoms with E-state index in [1.54, 1.807) is 0 Å². The van der Waals surface area contributed by atoms with Gasteiger partial charge in [-0.2, -0.15) is 5.26 Å². The second kappa shape index (κ2) is 6.98. The number of rotatable bonds is 2. The number of hydrogen-bond acceptors (Lipinski definition) is 4. The minimum absolute atomic E-state index is 0.325. The molecule has 0 radical (unpaired) electrons. The Hall–Kier alpha value is -2.81. The summed E-state index contributed by atoms with van der Waals surface area (Å²) in [5.74, 6) is -0.678. The number of methoxy groups -OCH3 is 1. The Morgan fingerprint density at radius 3 is 2.56 bits per heavy atom. The van der Waals surface area contributed by atoms with Crippen molar-refractivity contribution < 1.29 is 19.4 Å². The van der Waals surface area contributed by atoms with Crippen molar-refractivity contribution in [3.05, 3.63) is 46.5 Å². The molecule has 1 aromatic carbocycles. The van der Waals surface area contributed by atoms with Gasteiger partial charge in [-0.25, -0.2) is 9.59 Å². The van der Waals surface area contributed by atoms with Crippen molar-refractivity contribution in [2.75, 3.05) is 13.7 Å². The highest BCUT2D eigenvalue weighted by Crippen LogP contribution is 2.41. The molecule has 1 aliphatic heterocycles. The van der Waals surface area contributed by atoms with Gasteiger partial charge in [0.2, 0.25) is 0 Å². The Bertz CT molecular complexity index is 761. The third-order valence-electron chi connectivity index (χ3n) is 5.17. The number of benzene rings is 1. The summed E-state index contributed by atoms with van der Waals surface area (Å²) >= 11 is 0. The lowest BCUT2D eigenvalue weighted by atomic mass is 9.76. The summed E-state index contributed by atoms with van der Waals surface area (Å²) in [6.45, 7) is 0.332. The van der Waals surface area contributed by atoms with Crippen LogP contribution in [0.15, 0.2) is 35.4 Å². The van der Waals surface area contributed by atoms with Crippen LogP contribution in [0.1, 0.15) is 42.7 Å². The lowest BCUT2D eigenvalue weighted by Gasteiger charge is -2.38. The molecule has 0 fully saturated rings. The lowest BCUT2D eigenvalue weighted by Crippen LogP contribution is -2.49. The number of nitriles is 1. The Morgan fingerprint density at radius 1 is 1.24 bits per heavy atom. The van der Waals surface area contributed by atoms with Gasteiger partial charge in [-0.05, 0) is 42.9 Å². The van der Waals surface area contributed by atoms with Crippen LogP contribution in [-0.4, -0.2) is 41.8 Å². The third kappa shape index (κ3) is 3.36. The molecule has 0 spiro atoms. The first kappa shape index (κ1) is 17.0. The number of amides is 1. The van der Waals surface area contributed by atoms with Crippen LogP contribution in [0.5, 0.6) is 0 Å². The molecule has 1 heterocycles. The Kier molecular flexibility index (Phi) is 4.75. The van der Waals surface area contributed by atoms with E-state index in [2.05, 4.69) is 6.07 Å². The number of carboxylic acid groups (broad SMARTS) is 1. The molecule has 1 N–H and O–H groups in total. The Balaban J connectivity index is 1.80. The highest BCUT2D eigenvalue weighted by atomic mass is 16.5. The molecule has 2 unspecified atom stereocenters. The van der Waals surface area contributed by atoms with Gasteiger partial charge < -0.3 is 9.84 Å². The second-order valence-corrected chi connectivity index (χ2v) is 6.54. The van der Waals surface area contributed by atoms with Crippen molar-refractivity contribution in [3.8, 4) is 6.07 Å². The van der Waals surface area contributed by atoms with E-state index < -0.39 is 18.1 Å². The molecule has 0 aromatic heterocycles. The van der Waals surface area contributed by atoms with Crippen LogP contribution in [0.2, 0.25) is 0 Å². The monoisotopic (exact) mass is 340 g/mol. The zero-order valence-electron chi connectivity index (χ0n) is 14.1. The number of nitrogens with zero attached hydrogens (tertiary/aromatic N) is 2. The summed E-state index contributed by atoms with van der Waals surface area (Å²) in [4.78, 5) is 24.8. The van der Waals surface area contributed by atoms with Crippen LogP contribution in [0, 0.1) is 11.3 Å². The van der Waals surface area contributed by atoms with E-state index in [4.69, 9.17) is 10.00 Å². The third-order valence-corrected chi connectivity index (χ3v) is 5.17. The molecule has 6 heteroatoms. The summed E-state index contributed by atoms with van der Waals surface area (Å²) in [7, 11) is 1.27. The molecule has 1 amide bonds. The molecule has 3 rings (SSSR count). The van der Waals surface area contributed by atoms with E-state index >= 15 is 0 Å². The van der Waals surface area contributed by atoms with Crippen molar-refractivity contribution in [1.82, 2.24) is 4.90 Å². The van der Waals surface area contributed by atoms with Crippen molar-refractivity contribution in [3.63, 3.8) is 0 Å². The fourth-order valence-electron chi connectivity index (χ4n) is 3.79. The summed E-state index contributed by atoms with van der Waals surface area (Å²) in [6, 6.07) is 8.84. The number of carbonyl (C=O) groups excluding carboxylic acids is 1. The van der Waals surface area contributed by atoms with E-state index in [1.807, 2.05) is 24.3 Å². The summed E-state index contributed by atoms with van der Waals surface area (Å²) < 4.78 is 4.74. The molecule has 25 heavy (non-hydrogen) atoms. The van der Waals surface area contributed by atoms with Crippen LogP contribution >= 0.6 is 0 Å². The Labute approximate surface area is 146 Å². The normalized spacial score (nSPS) is 22.8. The molecule has 0 saturated carbocycles. The van der Waals surface area contributed by atoms with Gasteiger partial charge in [-0.1, -0.05) is 23.3 Å². The van der Waals surface area contributed by atoms with E-state index in [0.29, 0.717) is 24.4 Å². The highest BCUT2D eigenvalue weighted by Gasteiger charge is 2.38. The molecule has 2 atom stereocenters. The molecule has 1 aliphatic carbocycles. The average molecular weight is 340 g/mol. The van der Waals surface area contributed by atoms with Gasteiger partial charge in [0.25, 0.3) is 0 Å². The van der Waals surface area contributed by atoms with E-state index in [-0.39, 0.29) is 0 Å². The van der Waals surface area contributed by atoms with Crippen LogP contribution in [0.4, 0.5) is 4.79 Å². The van der Waals surface area contributed by atoms with Gasteiger partial charge in [-0.3, -0.25) is 4.90 Å². The van der Waals surface area contributed by atoms with Gasteiger partial charge in [0.1, 0.15) is 6.04 Å². The van der Waals surface area contributed by atoms with Crippen molar-refractivity contribution in [2.45, 2.75) is 37.6 Å². The molecule has 130 valence electrons. The Morgan fingerprint density at radius 2 is 1.96 bits per heavy atom. The minimum atomic E-state index is -1.00. The number of carbonyl (C=O) groups is 2. The summed E-state index contributed by atoms with van der Waals surface area (Å²) in [6.07, 6.45) is 2.37. The SMILES string of the molecule is COC(=O)N1CC2=C(CC(c3ccc(C#N)cc3)CC2)CC1C(=O)O. The maximum Gasteiger partial charge on any atom is 0.410 e. The molecule has 0 saturated heterocycles. The number of aliphatic carboxylic acids is 1. The van der Waals surface area contributed by atoms with E-state index in [1.165, 1.54) is 17.6 Å². The predicted molar refractivity (Wildman–Crippen MR) is 89.9 cm³/mol. The first-order chi connectivity index (χ1) is 12.0. The van der Waals surface area contributed by atoms with E-state index in [0.717, 1.165) is 30.4 Å². The van der Waals surface area contributed by atoms with Crippen LogP contribution in [-0.2, 0) is 9.53 Å². The van der Waals surface area contributed by atoms with Crippen molar-refractivity contribution in [2.24, 2.45) is 0 Å². The molecule has 1 aromatic rings. The van der Waals surface area contributed by atoms with Crippen LogP contribution < -0.4 is 0 Å². The summed E-state index contributed by atoms with van der Waals surface area (Å²) in [5.41, 5.74) is 4.12. The standard InChI is InChI=1S/C19H20N2O4/c1-25-19(24)21-11-15-7-6-14(8-16(15)9-17(21)18(22)23)13-4-2-12(10-20)3-5-13/h2-5,14,17H,6-9,11H2,1H3,(H,22,23). The fraction of sp³-hybridized carbons (Fsp3) is 0.421. The number of carboxylic acids is 1. The number of hydrogen-bond donors (Lipinski definition) is 1. The zero-order valence-corrected chi connectivity index (χ0v) is 14.1. The van der Waals surface area contributed by atoms with Crippen LogP contribution in [0.3, 0.4) is 0 Å². The highest BCUT2D eigenvalue weighted by molar-refractivity contribution is 5.81. The first-order valence-electron chi connectivity index (χ1n) is 8.30. The molecule has 6 nitrogen and oxygen atoms in total. The second-order valence-electron chi connectivity index (χ2n) is 6.54. The predicted octanol–water partition coefficient (Wildman–Crippen LogP) is 3.05. The maximum absolute atomic E-state index is 11.9.